The number of carbonyl (C=O) groups excluding carboxylic acids is 1. The molecule has 0 radical (unpaired) electrons. The number of hydrogen-bond donors (Lipinski definition) is 3. The monoisotopic (exact) mass is 483 g/mol. The van der Waals surface area contributed by atoms with E-state index in [2.05, 4.69) is 35.8 Å². The summed E-state index contributed by atoms with van der Waals surface area (Å²) in [5, 5.41) is 32.5. The van der Waals surface area contributed by atoms with E-state index in [4.69, 9.17) is 5.73 Å². The van der Waals surface area contributed by atoms with Crippen molar-refractivity contribution in [2.75, 3.05) is 19.8 Å². The Labute approximate surface area is 204 Å². The summed E-state index contributed by atoms with van der Waals surface area (Å²) in [5.41, 5.74) is 10.2. The number of nitrogens with one attached hydrogen (secondary N) is 2. The first kappa shape index (κ1) is 25.8. The second-order valence-electron chi connectivity index (χ2n) is 10.8. The van der Waals surface area contributed by atoms with Crippen molar-refractivity contribution in [1.29, 1.82) is 0 Å². The summed E-state index contributed by atoms with van der Waals surface area (Å²) >= 11 is 0. The Morgan fingerprint density at radius 3 is 2.26 bits per heavy atom. The number of anilines is 1. The minimum Gasteiger partial charge on any atom is -0.872 e. The lowest BCUT2D eigenvalue weighted by molar-refractivity contribution is -0.873. The van der Waals surface area contributed by atoms with Gasteiger partial charge in [-0.1, -0.05) is 58.9 Å². The second-order valence-corrected chi connectivity index (χ2v) is 10.8. The van der Waals surface area contributed by atoms with Gasteiger partial charge in [0.2, 0.25) is 11.6 Å². The van der Waals surface area contributed by atoms with Crippen LogP contribution in [0.4, 0.5) is 5.82 Å². The fourth-order valence-electron chi connectivity index (χ4n) is 3.54. The van der Waals surface area contributed by atoms with Crippen molar-refractivity contribution in [1.82, 2.24) is 30.7 Å². The summed E-state index contributed by atoms with van der Waals surface area (Å²) in [6.07, 6.45) is 1.52. The van der Waals surface area contributed by atoms with E-state index in [1.54, 1.807) is 0 Å². The van der Waals surface area contributed by atoms with Gasteiger partial charge in [0.25, 0.3) is 5.91 Å². The largest absolute Gasteiger partial charge is 0.872 e. The molecule has 4 N–H and O–H groups in total. The van der Waals surface area contributed by atoms with Crippen LogP contribution in [0.3, 0.4) is 0 Å². The molecule has 0 saturated carbocycles. The lowest BCUT2D eigenvalue weighted by Gasteiger charge is -2.33. The van der Waals surface area contributed by atoms with E-state index < -0.39 is 5.91 Å². The molecule has 0 saturated heterocycles. The van der Waals surface area contributed by atoms with Crippen LogP contribution < -0.4 is 21.2 Å². The summed E-state index contributed by atoms with van der Waals surface area (Å²) in [6.45, 7) is 12.4. The van der Waals surface area contributed by atoms with Crippen molar-refractivity contribution < 1.29 is 19.4 Å². The number of quaternary nitrogens is 1. The Kier molecular flexibility index (Phi) is 6.97. The molecule has 12 nitrogen and oxygen atoms in total. The maximum absolute atomic E-state index is 13.1. The number of nitrogen functional groups attached to an aromatic ring is 1. The zero-order chi connectivity index (χ0) is 26.1. The Balaban J connectivity index is 1.92. The predicted octanol–water partition coefficient (Wildman–Crippen LogP) is 0.310. The number of nitrogens with zero attached hydrogens (tertiary/aromatic N) is 6. The normalized spacial score (nSPS) is 12.6. The first-order chi connectivity index (χ1) is 16.2. The molecule has 2 heterocycles. The fraction of sp³-hybridized carbons (Fsp3) is 0.478. The van der Waals surface area contributed by atoms with Gasteiger partial charge in [0.1, 0.15) is 12.2 Å². The number of carbonyl (C=O) groups is 1. The molecule has 3 rings (SSSR count). The molecule has 2 aromatic heterocycles. The van der Waals surface area contributed by atoms with Crippen LogP contribution in [-0.2, 0) is 17.4 Å². The minimum atomic E-state index is -0.550. The van der Waals surface area contributed by atoms with Crippen LogP contribution in [0.5, 0.6) is 5.75 Å². The molecule has 0 aliphatic heterocycles. The van der Waals surface area contributed by atoms with Gasteiger partial charge in [-0.3, -0.25) is 4.79 Å². The first-order valence-electron chi connectivity index (χ1n) is 11.2. The van der Waals surface area contributed by atoms with Crippen LogP contribution >= 0.6 is 0 Å². The zero-order valence-corrected chi connectivity index (χ0v) is 21.4. The quantitative estimate of drug-likeness (QED) is 0.333. The van der Waals surface area contributed by atoms with E-state index in [0.29, 0.717) is 28.9 Å². The van der Waals surface area contributed by atoms with Gasteiger partial charge in [0.15, 0.2) is 5.69 Å². The molecule has 0 aliphatic rings. The molecule has 0 spiro atoms. The van der Waals surface area contributed by atoms with E-state index in [1.165, 1.54) is 10.9 Å². The number of hydrogen-bond acceptors (Lipinski definition) is 9. The van der Waals surface area contributed by atoms with E-state index in [0.717, 1.165) is 4.90 Å². The average Bonchev–Trinajstić information content (AvgIpc) is 3.32. The summed E-state index contributed by atoms with van der Waals surface area (Å²) in [4.78, 5) is 13.9. The first-order valence-corrected chi connectivity index (χ1v) is 11.2. The number of hydrazone groups is 1. The van der Waals surface area contributed by atoms with Gasteiger partial charge >= 0.3 is 0 Å². The number of benzene rings is 1. The molecule has 1 aromatic carbocycles. The molecule has 3 aromatic rings. The number of nitrogens with two attached hydrogens (primary N) is 1. The smallest absolute Gasteiger partial charge is 0.294 e. The van der Waals surface area contributed by atoms with E-state index >= 15 is 0 Å². The molecule has 35 heavy (non-hydrogen) atoms. The lowest BCUT2D eigenvalue weighted by Crippen LogP contribution is -3.04. The van der Waals surface area contributed by atoms with Crippen LogP contribution in [0.15, 0.2) is 21.9 Å². The SMILES string of the molecule is C[NH+](C)Cc1c(C(=O)NN=Cc2cc(C(C)(C)C)c([O-])c(C(C)(C)C)c2)nnn1-c1nonc1N. The summed E-state index contributed by atoms with van der Waals surface area (Å²) in [5.74, 6) is -0.342. The van der Waals surface area contributed by atoms with Crippen molar-refractivity contribution in [3.63, 3.8) is 0 Å². The van der Waals surface area contributed by atoms with Crippen LogP contribution in [0.1, 0.15) is 74.4 Å². The van der Waals surface area contributed by atoms with Crippen LogP contribution in [0, 0.1) is 0 Å². The lowest BCUT2D eigenvalue weighted by atomic mass is 9.78. The van der Waals surface area contributed by atoms with Gasteiger partial charge < -0.3 is 15.7 Å². The van der Waals surface area contributed by atoms with Crippen LogP contribution in [-0.4, -0.2) is 51.5 Å². The van der Waals surface area contributed by atoms with Gasteiger partial charge in [-0.15, -0.1) is 10.8 Å². The molecule has 0 unspecified atom stereocenters. The molecular weight excluding hydrogens is 450 g/mol. The zero-order valence-electron chi connectivity index (χ0n) is 21.4. The van der Waals surface area contributed by atoms with Crippen molar-refractivity contribution in [3.8, 4) is 11.6 Å². The summed E-state index contributed by atoms with van der Waals surface area (Å²) in [7, 11) is 3.84. The Hall–Kier alpha value is -3.80. The molecule has 0 bridgehead atoms. The van der Waals surface area contributed by atoms with Crippen molar-refractivity contribution in [2.45, 2.75) is 58.9 Å². The maximum Gasteiger partial charge on any atom is 0.294 e. The summed E-state index contributed by atoms with van der Waals surface area (Å²) in [6, 6.07) is 3.62. The van der Waals surface area contributed by atoms with Gasteiger partial charge in [0.05, 0.1) is 20.3 Å². The highest BCUT2D eigenvalue weighted by Gasteiger charge is 2.26. The fourth-order valence-corrected chi connectivity index (χ4v) is 3.54. The summed E-state index contributed by atoms with van der Waals surface area (Å²) < 4.78 is 5.98. The van der Waals surface area contributed by atoms with Gasteiger partial charge in [-0.2, -0.15) is 9.78 Å². The number of rotatable bonds is 6. The Morgan fingerprint density at radius 2 is 1.77 bits per heavy atom. The number of aromatic nitrogens is 5. The van der Waals surface area contributed by atoms with Crippen molar-refractivity contribution in [2.24, 2.45) is 5.10 Å². The molecule has 1 amide bonds. The molecule has 0 atom stereocenters. The number of amides is 1. The van der Waals surface area contributed by atoms with Crippen LogP contribution in [0.25, 0.3) is 5.82 Å². The average molecular weight is 484 g/mol. The van der Waals surface area contributed by atoms with E-state index in [1.807, 2.05) is 67.8 Å². The predicted molar refractivity (Wildman–Crippen MR) is 128 cm³/mol. The van der Waals surface area contributed by atoms with Crippen LogP contribution in [0.2, 0.25) is 0 Å². The Bertz CT molecular complexity index is 1210. The molecule has 188 valence electrons. The highest BCUT2D eigenvalue weighted by molar-refractivity contribution is 5.94. The standard InChI is InChI=1S/C23H33N9O3/c1-22(2,3)14-9-13(10-15(18(14)33)23(4,5)6)11-25-27-21(34)17-16(12-31(7)8)32(30-26-17)20-19(24)28-35-29-20/h9-11,33H,12H2,1-8H3,(H2,24,28)(H,27,34). The highest BCUT2D eigenvalue weighted by Crippen LogP contribution is 2.37. The highest BCUT2D eigenvalue weighted by atomic mass is 16.6. The van der Waals surface area contributed by atoms with Gasteiger partial charge in [-0.05, 0) is 37.8 Å². The topological polar surface area (TPSA) is 165 Å². The van der Waals surface area contributed by atoms with E-state index in [9.17, 15) is 9.90 Å². The van der Waals surface area contributed by atoms with Gasteiger partial charge in [0, 0.05) is 0 Å². The van der Waals surface area contributed by atoms with Crippen molar-refractivity contribution >= 4 is 17.9 Å². The van der Waals surface area contributed by atoms with Gasteiger partial charge in [-0.25, -0.2) is 10.1 Å². The Morgan fingerprint density at radius 1 is 1.17 bits per heavy atom. The second kappa shape index (κ2) is 9.45. The maximum atomic E-state index is 13.1. The third-order valence-electron chi connectivity index (χ3n) is 5.30. The molecule has 0 fully saturated rings. The molecule has 12 heteroatoms. The van der Waals surface area contributed by atoms with Crippen molar-refractivity contribution in [3.05, 3.63) is 40.2 Å². The molecule has 0 aliphatic carbocycles. The minimum absolute atomic E-state index is 0.0280. The third kappa shape index (κ3) is 5.65. The third-order valence-corrected chi connectivity index (χ3v) is 5.30. The molecular formula is C23H33N9O3. The van der Waals surface area contributed by atoms with E-state index in [-0.39, 0.29) is 33.9 Å².